The highest BCUT2D eigenvalue weighted by molar-refractivity contribution is 5.94. The smallest absolute Gasteiger partial charge is 0.257 e. The number of methoxy groups -OCH3 is 1. The standard InChI is InChI=1S/C15H22N2O4/c1-11(9-20-2)16-14(18)12-3-6-17(7-4-12)15(19)13-5-8-21-10-13/h5,8,10-12H,3-4,6-7,9H2,1-2H3,(H,16,18)/t11-/m0/s1. The summed E-state index contributed by atoms with van der Waals surface area (Å²) < 4.78 is 9.93. The molecule has 116 valence electrons. The van der Waals surface area contributed by atoms with Crippen LogP contribution in [0.15, 0.2) is 23.0 Å². The van der Waals surface area contributed by atoms with E-state index in [4.69, 9.17) is 9.15 Å². The molecule has 2 rings (SSSR count). The van der Waals surface area contributed by atoms with Crippen molar-refractivity contribution < 1.29 is 18.7 Å². The van der Waals surface area contributed by atoms with E-state index in [2.05, 4.69) is 5.32 Å². The number of furan rings is 1. The summed E-state index contributed by atoms with van der Waals surface area (Å²) >= 11 is 0. The van der Waals surface area contributed by atoms with Crippen molar-refractivity contribution in [1.29, 1.82) is 0 Å². The van der Waals surface area contributed by atoms with Crippen LogP contribution in [0.1, 0.15) is 30.1 Å². The Bertz CT molecular complexity index is 464. The molecule has 1 fully saturated rings. The van der Waals surface area contributed by atoms with Gasteiger partial charge in [-0.15, -0.1) is 0 Å². The molecule has 1 aliphatic heterocycles. The first-order valence-corrected chi connectivity index (χ1v) is 7.22. The number of amides is 2. The molecule has 0 radical (unpaired) electrons. The maximum absolute atomic E-state index is 12.1. The lowest BCUT2D eigenvalue weighted by Crippen LogP contribution is -2.45. The van der Waals surface area contributed by atoms with Crippen LogP contribution in [0, 0.1) is 5.92 Å². The van der Waals surface area contributed by atoms with Crippen LogP contribution in [-0.4, -0.2) is 49.6 Å². The second kappa shape index (κ2) is 7.26. The number of carbonyl (C=O) groups excluding carboxylic acids is 2. The number of nitrogens with zero attached hydrogens (tertiary/aromatic N) is 1. The first kappa shape index (κ1) is 15.6. The average Bonchev–Trinajstić information content (AvgIpc) is 3.01. The van der Waals surface area contributed by atoms with Crippen molar-refractivity contribution in [2.24, 2.45) is 5.92 Å². The van der Waals surface area contributed by atoms with Gasteiger partial charge in [-0.1, -0.05) is 0 Å². The zero-order valence-corrected chi connectivity index (χ0v) is 12.5. The monoisotopic (exact) mass is 294 g/mol. The van der Waals surface area contributed by atoms with Crippen molar-refractivity contribution in [3.63, 3.8) is 0 Å². The normalized spacial score (nSPS) is 17.5. The first-order chi connectivity index (χ1) is 10.1. The third kappa shape index (κ3) is 4.07. The van der Waals surface area contributed by atoms with Gasteiger partial charge in [-0.2, -0.15) is 0 Å². The Morgan fingerprint density at radius 2 is 2.19 bits per heavy atom. The number of nitrogens with one attached hydrogen (secondary N) is 1. The fraction of sp³-hybridized carbons (Fsp3) is 0.600. The molecule has 2 amide bonds. The van der Waals surface area contributed by atoms with Gasteiger partial charge in [-0.25, -0.2) is 0 Å². The van der Waals surface area contributed by atoms with Crippen molar-refractivity contribution in [3.05, 3.63) is 24.2 Å². The molecule has 1 aliphatic rings. The number of rotatable bonds is 5. The van der Waals surface area contributed by atoms with E-state index < -0.39 is 0 Å². The predicted octanol–water partition coefficient (Wildman–Crippen LogP) is 1.28. The van der Waals surface area contributed by atoms with Gasteiger partial charge in [-0.3, -0.25) is 9.59 Å². The zero-order chi connectivity index (χ0) is 15.2. The Morgan fingerprint density at radius 1 is 1.48 bits per heavy atom. The lowest BCUT2D eigenvalue weighted by atomic mass is 9.95. The van der Waals surface area contributed by atoms with Crippen LogP contribution in [0.3, 0.4) is 0 Å². The summed E-state index contributed by atoms with van der Waals surface area (Å²) in [6.45, 7) is 3.62. The summed E-state index contributed by atoms with van der Waals surface area (Å²) in [6, 6.07) is 1.67. The Kier molecular flexibility index (Phi) is 5.38. The highest BCUT2D eigenvalue weighted by Crippen LogP contribution is 2.19. The Morgan fingerprint density at radius 3 is 2.76 bits per heavy atom. The summed E-state index contributed by atoms with van der Waals surface area (Å²) in [5.74, 6) is -0.0111. The van der Waals surface area contributed by atoms with Crippen LogP contribution in [0.5, 0.6) is 0 Å². The van der Waals surface area contributed by atoms with Crippen molar-refractivity contribution in [1.82, 2.24) is 10.2 Å². The maximum Gasteiger partial charge on any atom is 0.257 e. The van der Waals surface area contributed by atoms with E-state index in [-0.39, 0.29) is 23.8 Å². The van der Waals surface area contributed by atoms with E-state index in [1.165, 1.54) is 12.5 Å². The van der Waals surface area contributed by atoms with Gasteiger partial charge in [-0.05, 0) is 25.8 Å². The molecule has 1 aromatic rings. The molecular weight excluding hydrogens is 272 g/mol. The molecule has 0 unspecified atom stereocenters. The second-order valence-electron chi connectivity index (χ2n) is 5.44. The van der Waals surface area contributed by atoms with Crippen LogP contribution >= 0.6 is 0 Å². The summed E-state index contributed by atoms with van der Waals surface area (Å²) in [6.07, 6.45) is 4.32. The Balaban J connectivity index is 1.80. The summed E-state index contributed by atoms with van der Waals surface area (Å²) in [4.78, 5) is 26.0. The fourth-order valence-electron chi connectivity index (χ4n) is 2.57. The third-order valence-electron chi connectivity index (χ3n) is 3.73. The van der Waals surface area contributed by atoms with Gasteiger partial charge in [0.15, 0.2) is 0 Å². The Labute approximate surface area is 124 Å². The molecule has 0 aliphatic carbocycles. The van der Waals surface area contributed by atoms with E-state index in [0.717, 1.165) is 0 Å². The molecule has 6 nitrogen and oxygen atoms in total. The van der Waals surface area contributed by atoms with Crippen LogP contribution in [-0.2, 0) is 9.53 Å². The predicted molar refractivity (Wildman–Crippen MR) is 76.8 cm³/mol. The largest absolute Gasteiger partial charge is 0.472 e. The minimum atomic E-state index is -0.0321. The molecule has 6 heteroatoms. The minimum Gasteiger partial charge on any atom is -0.472 e. The first-order valence-electron chi connectivity index (χ1n) is 7.22. The molecule has 21 heavy (non-hydrogen) atoms. The summed E-state index contributed by atoms with van der Waals surface area (Å²) in [5, 5.41) is 2.94. The molecule has 0 saturated carbocycles. The van der Waals surface area contributed by atoms with Gasteiger partial charge in [0.1, 0.15) is 6.26 Å². The molecule has 0 spiro atoms. The molecule has 1 N–H and O–H groups in total. The molecule has 1 saturated heterocycles. The highest BCUT2D eigenvalue weighted by atomic mass is 16.5. The molecule has 0 bridgehead atoms. The lowest BCUT2D eigenvalue weighted by molar-refractivity contribution is -0.127. The number of likely N-dealkylation sites (tertiary alicyclic amines) is 1. The number of carbonyl (C=O) groups is 2. The number of hydrogen-bond acceptors (Lipinski definition) is 4. The van der Waals surface area contributed by atoms with E-state index in [1.807, 2.05) is 6.92 Å². The SMILES string of the molecule is COC[C@H](C)NC(=O)C1CCN(C(=O)c2ccoc2)CC1. The lowest BCUT2D eigenvalue weighted by Gasteiger charge is -2.31. The van der Waals surface area contributed by atoms with Gasteiger partial charge in [0, 0.05) is 32.2 Å². The maximum atomic E-state index is 12.1. The summed E-state index contributed by atoms with van der Waals surface area (Å²) in [7, 11) is 1.61. The number of piperidine rings is 1. The van der Waals surface area contributed by atoms with E-state index in [9.17, 15) is 9.59 Å². The van der Waals surface area contributed by atoms with Crippen molar-refractivity contribution in [2.75, 3.05) is 26.8 Å². The minimum absolute atomic E-state index is 0.00749. The summed E-state index contributed by atoms with van der Waals surface area (Å²) in [5.41, 5.74) is 0.562. The highest BCUT2D eigenvalue weighted by Gasteiger charge is 2.28. The van der Waals surface area contributed by atoms with Crippen molar-refractivity contribution in [2.45, 2.75) is 25.8 Å². The second-order valence-corrected chi connectivity index (χ2v) is 5.44. The third-order valence-corrected chi connectivity index (χ3v) is 3.73. The average molecular weight is 294 g/mol. The topological polar surface area (TPSA) is 71.8 Å². The van der Waals surface area contributed by atoms with Gasteiger partial charge in [0.25, 0.3) is 5.91 Å². The van der Waals surface area contributed by atoms with Crippen LogP contribution in [0.25, 0.3) is 0 Å². The number of ether oxygens (including phenoxy) is 1. The van der Waals surface area contributed by atoms with Crippen molar-refractivity contribution >= 4 is 11.8 Å². The molecule has 2 heterocycles. The molecule has 0 aromatic carbocycles. The number of hydrogen-bond donors (Lipinski definition) is 1. The van der Waals surface area contributed by atoms with E-state index in [0.29, 0.717) is 38.1 Å². The fourth-order valence-corrected chi connectivity index (χ4v) is 2.57. The molecule has 1 atom stereocenters. The van der Waals surface area contributed by atoms with Gasteiger partial charge in [0.2, 0.25) is 5.91 Å². The van der Waals surface area contributed by atoms with Gasteiger partial charge in [0.05, 0.1) is 18.4 Å². The molecule has 1 aromatic heterocycles. The van der Waals surface area contributed by atoms with E-state index in [1.54, 1.807) is 18.1 Å². The van der Waals surface area contributed by atoms with Gasteiger partial charge < -0.3 is 19.4 Å². The quantitative estimate of drug-likeness (QED) is 0.888. The van der Waals surface area contributed by atoms with Gasteiger partial charge >= 0.3 is 0 Å². The Hall–Kier alpha value is -1.82. The van der Waals surface area contributed by atoms with E-state index >= 15 is 0 Å². The van der Waals surface area contributed by atoms with Crippen LogP contribution in [0.2, 0.25) is 0 Å². The zero-order valence-electron chi connectivity index (χ0n) is 12.5. The van der Waals surface area contributed by atoms with Crippen LogP contribution < -0.4 is 5.32 Å². The molecular formula is C15H22N2O4. The van der Waals surface area contributed by atoms with Crippen LogP contribution in [0.4, 0.5) is 0 Å². The van der Waals surface area contributed by atoms with Crippen molar-refractivity contribution in [3.8, 4) is 0 Å².